The van der Waals surface area contributed by atoms with Gasteiger partial charge in [-0.1, -0.05) is 66.8 Å². The second-order valence-electron chi connectivity index (χ2n) is 16.1. The van der Waals surface area contributed by atoms with Crippen LogP contribution in [0.25, 0.3) is 0 Å². The lowest BCUT2D eigenvalue weighted by Crippen LogP contribution is -2.45. The molecule has 71 heavy (non-hydrogen) atoms. The Balaban J connectivity index is 0.000000260. The Labute approximate surface area is 439 Å². The van der Waals surface area contributed by atoms with Gasteiger partial charge in [0.05, 0.1) is 36.4 Å². The van der Waals surface area contributed by atoms with E-state index in [9.17, 15) is 32.9 Å². The Kier molecular flexibility index (Phi) is 25.4. The van der Waals surface area contributed by atoms with Crippen molar-refractivity contribution < 1.29 is 56.8 Å². The molecule has 4 aromatic rings. The summed E-state index contributed by atoms with van der Waals surface area (Å²) in [6, 6.07) is 11.3. The number of thioether (sulfide) groups is 1. The fourth-order valence-corrected chi connectivity index (χ4v) is 10.0. The molecule has 0 saturated carbocycles. The maximum Gasteiger partial charge on any atom is 0.325 e. The van der Waals surface area contributed by atoms with Crippen molar-refractivity contribution >= 4 is 112 Å². The number of hydrogen-bond donors (Lipinski definition) is 3. The third-order valence-electron chi connectivity index (χ3n) is 10.5. The minimum absolute atomic E-state index is 0.0371. The predicted octanol–water partition coefficient (Wildman–Crippen LogP) is 8.19. The van der Waals surface area contributed by atoms with Crippen LogP contribution in [0.3, 0.4) is 0 Å². The number of benzene rings is 2. The SMILES string of the molecule is CC1(C)OC(c2ccco2)CN1C(=O)C(Cl)Cl.CCc1cccc(CC)c1N(COC)C(=O)CCl.COC(=O)CSc1cc(N=c2sc(=O)n3n2CCCC3)c(F)cc1Cl.CP(=O)(O)CCC(N)C(=O)O. The Hall–Kier alpha value is -3.73. The van der Waals surface area contributed by atoms with Crippen LogP contribution in [0, 0.1) is 5.82 Å². The van der Waals surface area contributed by atoms with Crippen LogP contribution in [0.5, 0.6) is 0 Å². The molecule has 394 valence electrons. The van der Waals surface area contributed by atoms with E-state index in [0.29, 0.717) is 35.1 Å². The zero-order valence-electron chi connectivity index (χ0n) is 40.3. The van der Waals surface area contributed by atoms with Crippen molar-refractivity contribution in [3.63, 3.8) is 0 Å². The van der Waals surface area contributed by atoms with Crippen LogP contribution in [0.4, 0.5) is 15.8 Å². The Morgan fingerprint density at radius 1 is 1.08 bits per heavy atom. The number of anilines is 1. The first kappa shape index (κ1) is 61.6. The minimum atomic E-state index is -3.10. The molecule has 2 aromatic heterocycles. The van der Waals surface area contributed by atoms with Gasteiger partial charge in [0.25, 0.3) is 5.91 Å². The number of carboxylic acids is 1. The number of amides is 2. The van der Waals surface area contributed by atoms with Crippen LogP contribution in [0.2, 0.25) is 5.02 Å². The molecule has 4 heterocycles. The van der Waals surface area contributed by atoms with Crippen molar-refractivity contribution in [3.8, 4) is 0 Å². The molecule has 6 rings (SSSR count). The molecule has 0 bridgehead atoms. The molecule has 1 fully saturated rings. The number of aryl methyl sites for hydroxylation is 2. The van der Waals surface area contributed by atoms with Crippen molar-refractivity contribution in [1.82, 2.24) is 14.3 Å². The van der Waals surface area contributed by atoms with Crippen LogP contribution in [0.1, 0.15) is 69.9 Å². The standard InChI is InChI=1S/C15H15ClFN3O3S2.C14H20ClNO2.C11H13Cl2NO3.C5H12NO4P/c1-23-13(21)8-24-12-7-11(10(17)6-9(12)16)18-14-19-4-2-3-5-20(19)15(22)25-14;1-4-11-7-6-8-12(5-2)14(11)16(10-18-3)13(17)9-15;1-11(2)14(10(15)9(12)13)6-8(17-11)7-4-3-5-16-7;1-11(9,10)3-2-4(6)5(7)8/h6-7H,2-5,8H2,1H3;6-8H,4-5,9-10H2,1-3H3;3-5,8-9H,6H2,1-2H3;4H,2-3,6H2,1H3,(H,7,8)(H,9,10). The third kappa shape index (κ3) is 18.6. The highest BCUT2D eigenvalue weighted by Crippen LogP contribution is 2.38. The minimum Gasteiger partial charge on any atom is -0.480 e. The molecule has 26 heteroatoms. The van der Waals surface area contributed by atoms with E-state index in [4.69, 9.17) is 76.0 Å². The number of methoxy groups -OCH3 is 2. The summed E-state index contributed by atoms with van der Waals surface area (Å²) in [7, 11) is -0.228. The number of ether oxygens (including phenoxy) is 3. The number of carbonyl (C=O) groups excluding carboxylic acids is 3. The van der Waals surface area contributed by atoms with E-state index in [1.807, 2.05) is 24.3 Å². The van der Waals surface area contributed by atoms with Gasteiger partial charge in [-0.2, -0.15) is 0 Å². The summed E-state index contributed by atoms with van der Waals surface area (Å²) in [4.78, 5) is 73.2. The lowest BCUT2D eigenvalue weighted by molar-refractivity contribution is -0.144. The molecular formula is C45H60Cl4FN6O12PS2. The Bertz CT molecular complexity index is 2570. The zero-order chi connectivity index (χ0) is 53.2. The number of esters is 1. The number of carboxylic acid groups (broad SMARTS) is 1. The molecule has 2 aliphatic rings. The van der Waals surface area contributed by atoms with Crippen molar-refractivity contribution in [2.75, 3.05) is 56.9 Å². The number of fused-ring (bicyclic) bond motifs is 1. The van der Waals surface area contributed by atoms with Crippen LogP contribution in [-0.2, 0) is 63.9 Å². The van der Waals surface area contributed by atoms with E-state index >= 15 is 0 Å². The normalized spacial score (nSPS) is 16.2. The predicted molar refractivity (Wildman–Crippen MR) is 275 cm³/mol. The van der Waals surface area contributed by atoms with Gasteiger partial charge >= 0.3 is 16.8 Å². The van der Waals surface area contributed by atoms with Crippen molar-refractivity contribution in [2.45, 2.75) is 100 Å². The van der Waals surface area contributed by atoms with E-state index in [1.165, 1.54) is 24.7 Å². The zero-order valence-corrected chi connectivity index (χ0v) is 45.8. The van der Waals surface area contributed by atoms with Gasteiger partial charge in [-0.05, 0) is 92.7 Å². The number of aromatic nitrogens is 2. The van der Waals surface area contributed by atoms with Gasteiger partial charge in [0.15, 0.2) is 12.2 Å². The fourth-order valence-electron chi connectivity index (χ4n) is 6.89. The average Bonchev–Trinajstić information content (AvgIpc) is 4.07. The topological polar surface area (TPSA) is 238 Å². The molecule has 0 aliphatic carbocycles. The number of halogens is 5. The molecule has 1 saturated heterocycles. The Morgan fingerprint density at radius 2 is 1.72 bits per heavy atom. The highest BCUT2D eigenvalue weighted by molar-refractivity contribution is 8.00. The summed E-state index contributed by atoms with van der Waals surface area (Å²) in [6.45, 7) is 10.9. The molecule has 2 aliphatic heterocycles. The first-order valence-corrected chi connectivity index (χ1v) is 27.9. The monoisotopic (exact) mass is 1130 g/mol. The molecule has 3 atom stereocenters. The third-order valence-corrected chi connectivity index (χ3v) is 14.5. The molecular weight excluding hydrogens is 1070 g/mol. The summed E-state index contributed by atoms with van der Waals surface area (Å²) in [6.07, 6.45) is 4.93. The quantitative estimate of drug-likeness (QED) is 0.0315. The number of para-hydroxylation sites is 1. The average molecular weight is 1130 g/mol. The van der Waals surface area contributed by atoms with Gasteiger partial charge in [-0.3, -0.25) is 38.1 Å². The first-order valence-electron chi connectivity index (χ1n) is 22.0. The number of nitrogens with two attached hydrogens (primary N) is 1. The highest BCUT2D eigenvalue weighted by atomic mass is 35.5. The van der Waals surface area contributed by atoms with Gasteiger partial charge in [0.1, 0.15) is 47.7 Å². The van der Waals surface area contributed by atoms with Crippen LogP contribution in [-0.4, -0.2) is 117 Å². The highest BCUT2D eigenvalue weighted by Gasteiger charge is 2.45. The fraction of sp³-hybridized carbons (Fsp3) is 0.511. The van der Waals surface area contributed by atoms with E-state index in [0.717, 1.165) is 71.7 Å². The lowest BCUT2D eigenvalue weighted by Gasteiger charge is -2.29. The summed E-state index contributed by atoms with van der Waals surface area (Å²) >= 11 is 25.1. The number of hydrogen-bond acceptors (Lipinski definition) is 14. The number of carbonyl (C=O) groups is 4. The lowest BCUT2D eigenvalue weighted by atomic mass is 10.0. The van der Waals surface area contributed by atoms with Crippen molar-refractivity contribution in [1.29, 1.82) is 0 Å². The summed E-state index contributed by atoms with van der Waals surface area (Å²) in [5.74, 6) is -1.90. The number of rotatable bonds is 16. The van der Waals surface area contributed by atoms with Crippen LogP contribution >= 0.6 is 76.9 Å². The molecule has 2 amide bonds. The molecule has 18 nitrogen and oxygen atoms in total. The largest absolute Gasteiger partial charge is 0.480 e. The molecule has 4 N–H and O–H groups in total. The first-order chi connectivity index (χ1) is 33.4. The molecule has 2 aromatic carbocycles. The Morgan fingerprint density at radius 3 is 2.24 bits per heavy atom. The smallest absolute Gasteiger partial charge is 0.325 e. The molecule has 0 spiro atoms. The maximum atomic E-state index is 14.3. The van der Waals surface area contributed by atoms with E-state index < -0.39 is 41.7 Å². The van der Waals surface area contributed by atoms with Crippen molar-refractivity contribution in [3.05, 3.63) is 90.9 Å². The van der Waals surface area contributed by atoms with Gasteiger partial charge in [-0.25, -0.2) is 14.1 Å². The van der Waals surface area contributed by atoms with E-state index in [2.05, 4.69) is 23.6 Å². The number of nitrogens with zero attached hydrogens (tertiary/aromatic N) is 5. The molecule has 0 radical (unpaired) electrons. The number of aliphatic carboxylic acids is 1. The van der Waals surface area contributed by atoms with E-state index in [1.54, 1.807) is 47.6 Å². The van der Waals surface area contributed by atoms with E-state index in [-0.39, 0.29) is 64.4 Å². The number of alkyl halides is 3. The molecule has 3 unspecified atom stereocenters. The van der Waals surface area contributed by atoms with Gasteiger partial charge in [-0.15, -0.1) is 23.4 Å². The number of furan rings is 1. The maximum absolute atomic E-state index is 14.3. The second kappa shape index (κ2) is 29.2. The van der Waals surface area contributed by atoms with Crippen LogP contribution in [0.15, 0.2) is 67.8 Å². The van der Waals surface area contributed by atoms with Gasteiger partial charge < -0.3 is 39.3 Å². The second-order valence-corrected chi connectivity index (χ2v) is 22.4. The summed E-state index contributed by atoms with van der Waals surface area (Å²) in [5.41, 5.74) is 7.68. The van der Waals surface area contributed by atoms with Crippen molar-refractivity contribution in [2.24, 2.45) is 10.7 Å². The van der Waals surface area contributed by atoms with Crippen LogP contribution < -0.4 is 20.3 Å². The summed E-state index contributed by atoms with van der Waals surface area (Å²) < 4.78 is 49.1. The van der Waals surface area contributed by atoms with Gasteiger partial charge in [0.2, 0.25) is 10.7 Å². The summed E-state index contributed by atoms with van der Waals surface area (Å²) in [5, 5.41) is 8.48. The van der Waals surface area contributed by atoms with Gasteiger partial charge in [0, 0.05) is 37.9 Å².